The van der Waals surface area contributed by atoms with Gasteiger partial charge in [0.1, 0.15) is 12.5 Å². The monoisotopic (exact) mass is 331 g/mol. The molecule has 5 nitrogen and oxygen atoms in total. The van der Waals surface area contributed by atoms with Crippen LogP contribution in [-0.4, -0.2) is 26.3 Å². The molecular weight excluding hydrogens is 298 g/mol. The number of hydrogen-bond acceptors (Lipinski definition) is 3. The largest absolute Gasteiger partial charge is 0.315 e. The van der Waals surface area contributed by atoms with Crippen LogP contribution >= 0.6 is 0 Å². The van der Waals surface area contributed by atoms with Crippen LogP contribution in [0.15, 0.2) is 37.4 Å². The minimum Gasteiger partial charge on any atom is -0.315 e. The van der Waals surface area contributed by atoms with Crippen molar-refractivity contribution >= 4 is 0 Å². The van der Waals surface area contributed by atoms with Gasteiger partial charge in [0.25, 0.3) is 0 Å². The van der Waals surface area contributed by atoms with Gasteiger partial charge in [0.15, 0.2) is 0 Å². The highest BCUT2D eigenvalue weighted by atomic mass is 15.6. The fraction of sp³-hybridized carbons (Fsp3) is 0.684. The van der Waals surface area contributed by atoms with Gasteiger partial charge in [0.05, 0.1) is 6.33 Å². The third-order valence-electron chi connectivity index (χ3n) is 4.72. The van der Waals surface area contributed by atoms with Crippen LogP contribution in [-0.2, 0) is 0 Å². The predicted molar refractivity (Wildman–Crippen MR) is 99.5 cm³/mol. The molecular formula is C19H33N5. The Labute approximate surface area is 146 Å². The molecule has 0 spiro atoms. The molecule has 0 aliphatic heterocycles. The Hall–Kier alpha value is -1.78. The lowest BCUT2D eigenvalue weighted by atomic mass is 10.1. The molecule has 2 aromatic heterocycles. The van der Waals surface area contributed by atoms with Gasteiger partial charge in [-0.25, -0.2) is 9.97 Å². The molecule has 5 heteroatoms. The summed E-state index contributed by atoms with van der Waals surface area (Å²) in [5.41, 5.74) is 0. The van der Waals surface area contributed by atoms with E-state index >= 15 is 0 Å². The van der Waals surface area contributed by atoms with Crippen LogP contribution in [0.4, 0.5) is 0 Å². The second-order valence-electron chi connectivity index (χ2n) is 6.62. The summed E-state index contributed by atoms with van der Waals surface area (Å²) in [6.07, 6.45) is 25.1. The fourth-order valence-corrected chi connectivity index (χ4v) is 3.20. The molecule has 2 heterocycles. The maximum atomic E-state index is 4.21. The first kappa shape index (κ1) is 18.6. The fourth-order valence-electron chi connectivity index (χ4n) is 3.20. The molecule has 0 amide bonds. The van der Waals surface area contributed by atoms with E-state index < -0.39 is 0 Å². The van der Waals surface area contributed by atoms with E-state index in [1.165, 1.54) is 57.8 Å². The maximum absolute atomic E-state index is 4.21. The summed E-state index contributed by atoms with van der Waals surface area (Å²) in [5, 5.41) is 2.22. The molecule has 0 bridgehead atoms. The number of unbranched alkanes of at least 4 members (excludes halogenated alkanes) is 8. The summed E-state index contributed by atoms with van der Waals surface area (Å²) in [6.45, 7) is 2.28. The molecule has 1 atom stereocenters. The van der Waals surface area contributed by atoms with Crippen molar-refractivity contribution in [1.29, 1.82) is 0 Å². The molecule has 2 rings (SSSR count). The summed E-state index contributed by atoms with van der Waals surface area (Å²) in [7, 11) is 2.11. The van der Waals surface area contributed by atoms with Gasteiger partial charge < -0.3 is 4.57 Å². The molecule has 0 fully saturated rings. The molecule has 0 saturated carbocycles. The van der Waals surface area contributed by atoms with E-state index in [1.54, 1.807) is 0 Å². The quantitative estimate of drug-likeness (QED) is 0.496. The standard InChI is InChI=1S/C19H33N5/c1-3-4-5-6-7-8-9-10-11-12-19(23-15-13-20-17-23)22(2)24-16-14-21-18-24/h13-19H,3-12H2,1-2H3. The first-order valence-electron chi connectivity index (χ1n) is 9.51. The van der Waals surface area contributed by atoms with Gasteiger partial charge in [0, 0.05) is 31.8 Å². The number of aromatic nitrogens is 4. The van der Waals surface area contributed by atoms with Gasteiger partial charge in [-0.1, -0.05) is 58.3 Å². The average Bonchev–Trinajstić information content (AvgIpc) is 3.30. The van der Waals surface area contributed by atoms with Crippen molar-refractivity contribution in [2.75, 3.05) is 12.1 Å². The van der Waals surface area contributed by atoms with E-state index in [0.717, 1.165) is 6.42 Å². The van der Waals surface area contributed by atoms with Crippen LogP contribution < -0.4 is 5.01 Å². The topological polar surface area (TPSA) is 38.9 Å². The lowest BCUT2D eigenvalue weighted by Crippen LogP contribution is -2.36. The van der Waals surface area contributed by atoms with Crippen LogP contribution in [0.2, 0.25) is 0 Å². The number of nitrogens with zero attached hydrogens (tertiary/aromatic N) is 5. The van der Waals surface area contributed by atoms with E-state index in [9.17, 15) is 0 Å². The van der Waals surface area contributed by atoms with Gasteiger partial charge in [-0.15, -0.1) is 0 Å². The Bertz CT molecular complexity index is 506. The molecule has 0 saturated heterocycles. The van der Waals surface area contributed by atoms with Crippen molar-refractivity contribution in [3.05, 3.63) is 37.4 Å². The van der Waals surface area contributed by atoms with Gasteiger partial charge in [-0.05, 0) is 12.8 Å². The molecule has 134 valence electrons. The van der Waals surface area contributed by atoms with Crippen molar-refractivity contribution in [3.63, 3.8) is 0 Å². The smallest absolute Gasteiger partial charge is 0.121 e. The predicted octanol–water partition coefficient (Wildman–Crippen LogP) is 4.77. The number of imidazole rings is 2. The summed E-state index contributed by atoms with van der Waals surface area (Å²) >= 11 is 0. The summed E-state index contributed by atoms with van der Waals surface area (Å²) in [6, 6.07) is 0. The molecule has 2 aromatic rings. The third-order valence-corrected chi connectivity index (χ3v) is 4.72. The van der Waals surface area contributed by atoms with Crippen molar-refractivity contribution in [2.24, 2.45) is 0 Å². The Morgan fingerprint density at radius 2 is 1.46 bits per heavy atom. The molecule has 0 aliphatic rings. The van der Waals surface area contributed by atoms with Gasteiger partial charge in [0.2, 0.25) is 0 Å². The molecule has 0 aromatic carbocycles. The molecule has 24 heavy (non-hydrogen) atoms. The van der Waals surface area contributed by atoms with E-state index in [1.807, 2.05) is 42.1 Å². The first-order chi connectivity index (χ1) is 11.8. The Morgan fingerprint density at radius 3 is 2.04 bits per heavy atom. The van der Waals surface area contributed by atoms with Gasteiger partial charge in [-0.2, -0.15) is 0 Å². The van der Waals surface area contributed by atoms with E-state index in [0.29, 0.717) is 0 Å². The van der Waals surface area contributed by atoms with E-state index in [4.69, 9.17) is 0 Å². The minimum absolute atomic E-state index is 0.284. The van der Waals surface area contributed by atoms with Crippen LogP contribution in [0.1, 0.15) is 77.3 Å². The zero-order valence-electron chi connectivity index (χ0n) is 15.3. The molecule has 0 radical (unpaired) electrons. The highest BCUT2D eigenvalue weighted by Crippen LogP contribution is 2.19. The molecule has 0 aliphatic carbocycles. The SMILES string of the molecule is CCCCCCCCCCCC(N(C)n1ccnc1)n1ccnc1. The van der Waals surface area contributed by atoms with Crippen molar-refractivity contribution in [1.82, 2.24) is 19.2 Å². The number of hydrogen-bond donors (Lipinski definition) is 0. The third kappa shape index (κ3) is 6.02. The summed E-state index contributed by atoms with van der Waals surface area (Å²) < 4.78 is 4.23. The maximum Gasteiger partial charge on any atom is 0.121 e. The lowest BCUT2D eigenvalue weighted by molar-refractivity contribution is 0.371. The lowest BCUT2D eigenvalue weighted by Gasteiger charge is -2.31. The Kier molecular flexibility index (Phi) is 8.42. The summed E-state index contributed by atoms with van der Waals surface area (Å²) in [5.74, 6) is 0. The minimum atomic E-state index is 0.284. The van der Waals surface area contributed by atoms with Crippen molar-refractivity contribution in [2.45, 2.75) is 77.3 Å². The number of rotatable bonds is 13. The average molecular weight is 332 g/mol. The van der Waals surface area contributed by atoms with E-state index in [-0.39, 0.29) is 6.17 Å². The van der Waals surface area contributed by atoms with Gasteiger partial charge >= 0.3 is 0 Å². The highest BCUT2D eigenvalue weighted by Gasteiger charge is 2.16. The second kappa shape index (κ2) is 10.9. The second-order valence-corrected chi connectivity index (χ2v) is 6.62. The normalized spacial score (nSPS) is 12.4. The van der Waals surface area contributed by atoms with Crippen molar-refractivity contribution < 1.29 is 0 Å². The van der Waals surface area contributed by atoms with Crippen LogP contribution in [0, 0.1) is 0 Å². The Morgan fingerprint density at radius 1 is 0.833 bits per heavy atom. The van der Waals surface area contributed by atoms with Gasteiger partial charge in [-0.3, -0.25) is 9.69 Å². The van der Waals surface area contributed by atoms with Crippen LogP contribution in [0.3, 0.4) is 0 Å². The highest BCUT2D eigenvalue weighted by molar-refractivity contribution is 4.93. The molecule has 1 unspecified atom stereocenters. The van der Waals surface area contributed by atoms with Crippen molar-refractivity contribution in [3.8, 4) is 0 Å². The first-order valence-corrected chi connectivity index (χ1v) is 9.51. The van der Waals surface area contributed by atoms with E-state index in [2.05, 4.69) is 33.5 Å². The zero-order chi connectivity index (χ0) is 17.0. The zero-order valence-corrected chi connectivity index (χ0v) is 15.3. The summed E-state index contributed by atoms with van der Waals surface area (Å²) in [4.78, 5) is 8.37. The van der Waals surface area contributed by atoms with Crippen LogP contribution in [0.5, 0.6) is 0 Å². The molecule has 0 N–H and O–H groups in total. The Balaban J connectivity index is 1.70. The van der Waals surface area contributed by atoms with Crippen LogP contribution in [0.25, 0.3) is 0 Å².